The minimum Gasteiger partial charge on any atom is -0.465 e. The molecule has 0 saturated carbocycles. The second-order valence-corrected chi connectivity index (χ2v) is 7.29. The summed E-state index contributed by atoms with van der Waals surface area (Å²) >= 11 is 0. The van der Waals surface area contributed by atoms with Crippen molar-refractivity contribution >= 4 is 11.9 Å². The molecule has 0 bridgehead atoms. The fourth-order valence-corrected chi connectivity index (χ4v) is 2.89. The number of unbranched alkanes of at least 4 members (excludes halogenated alkanes) is 6. The fraction of sp³-hybridized carbons (Fsp3) is 0.900. The van der Waals surface area contributed by atoms with E-state index in [0.29, 0.717) is 6.42 Å². The van der Waals surface area contributed by atoms with Gasteiger partial charge < -0.3 is 9.47 Å². The molecule has 0 aromatic carbocycles. The SMILES string of the molecule is CCCCCCCCCOC(=O)C(CC)(CC)C(=O)OCC(F)(F)C(F)C(F)(F)F. The molecule has 4 nitrogen and oxygen atoms in total. The van der Waals surface area contributed by atoms with Gasteiger partial charge in [-0.05, 0) is 19.3 Å². The van der Waals surface area contributed by atoms with Crippen LogP contribution in [0.4, 0.5) is 26.3 Å². The number of hydrogen-bond donors (Lipinski definition) is 0. The maximum absolute atomic E-state index is 13.4. The molecule has 0 amide bonds. The van der Waals surface area contributed by atoms with Gasteiger partial charge in [-0.25, -0.2) is 4.39 Å². The van der Waals surface area contributed by atoms with Crippen molar-refractivity contribution < 1.29 is 45.4 Å². The molecule has 0 saturated heterocycles. The molecule has 0 aromatic heterocycles. The van der Waals surface area contributed by atoms with Gasteiger partial charge in [-0.1, -0.05) is 59.3 Å². The molecule has 0 rings (SSSR count). The predicted molar refractivity (Wildman–Crippen MR) is 98.8 cm³/mol. The van der Waals surface area contributed by atoms with Crippen LogP contribution in [0.15, 0.2) is 0 Å². The topological polar surface area (TPSA) is 52.6 Å². The average Bonchev–Trinajstić information content (AvgIpc) is 2.68. The zero-order valence-electron chi connectivity index (χ0n) is 17.8. The molecular weight excluding hydrogens is 418 g/mol. The molecule has 0 aromatic rings. The number of rotatable bonds is 15. The monoisotopic (exact) mass is 450 g/mol. The summed E-state index contributed by atoms with van der Waals surface area (Å²) in [5.41, 5.74) is -1.93. The lowest BCUT2D eigenvalue weighted by atomic mass is 9.82. The van der Waals surface area contributed by atoms with E-state index in [9.17, 15) is 35.9 Å². The molecule has 0 aliphatic heterocycles. The van der Waals surface area contributed by atoms with Crippen molar-refractivity contribution in [3.63, 3.8) is 0 Å². The molecule has 1 unspecified atom stereocenters. The average molecular weight is 450 g/mol. The summed E-state index contributed by atoms with van der Waals surface area (Å²) in [7, 11) is 0. The summed E-state index contributed by atoms with van der Waals surface area (Å²) in [6, 6.07) is 0. The van der Waals surface area contributed by atoms with Gasteiger partial charge in [0.25, 0.3) is 6.17 Å². The van der Waals surface area contributed by atoms with E-state index < -0.39 is 42.2 Å². The molecule has 0 radical (unpaired) electrons. The molecule has 0 fully saturated rings. The van der Waals surface area contributed by atoms with Crippen LogP contribution < -0.4 is 0 Å². The Morgan fingerprint density at radius 1 is 0.767 bits per heavy atom. The van der Waals surface area contributed by atoms with Gasteiger partial charge >= 0.3 is 24.0 Å². The first kappa shape index (κ1) is 28.5. The zero-order chi connectivity index (χ0) is 23.4. The standard InChI is InChI=1S/C20H32F6O4/c1-4-7-8-9-10-11-12-13-29-16(27)18(5-2,6-3)17(28)30-14-19(22,23)15(21)20(24,25)26/h15H,4-14H2,1-3H3. The minimum absolute atomic E-state index is 0.0262. The predicted octanol–water partition coefficient (Wildman–Crippen LogP) is 6.17. The Morgan fingerprint density at radius 3 is 1.70 bits per heavy atom. The van der Waals surface area contributed by atoms with Crippen LogP contribution in [0.2, 0.25) is 0 Å². The van der Waals surface area contributed by atoms with Crippen LogP contribution in [0.3, 0.4) is 0 Å². The Bertz CT molecular complexity index is 518. The van der Waals surface area contributed by atoms with Gasteiger partial charge in [-0.15, -0.1) is 0 Å². The van der Waals surface area contributed by atoms with Crippen LogP contribution >= 0.6 is 0 Å². The van der Waals surface area contributed by atoms with Crippen molar-refractivity contribution in [3.05, 3.63) is 0 Å². The summed E-state index contributed by atoms with van der Waals surface area (Å²) in [6.07, 6.45) is -3.83. The van der Waals surface area contributed by atoms with E-state index in [-0.39, 0.29) is 19.4 Å². The van der Waals surface area contributed by atoms with Gasteiger partial charge in [0.15, 0.2) is 12.0 Å². The molecular formula is C20H32F6O4. The van der Waals surface area contributed by atoms with Crippen LogP contribution in [0.1, 0.15) is 78.6 Å². The molecule has 0 aliphatic rings. The minimum atomic E-state index is -5.81. The zero-order valence-corrected chi connectivity index (χ0v) is 17.8. The van der Waals surface area contributed by atoms with E-state index in [1.54, 1.807) is 0 Å². The second kappa shape index (κ2) is 13.0. The Labute approximate surface area is 173 Å². The van der Waals surface area contributed by atoms with Crippen LogP contribution in [0.25, 0.3) is 0 Å². The van der Waals surface area contributed by atoms with Crippen molar-refractivity contribution in [1.82, 2.24) is 0 Å². The van der Waals surface area contributed by atoms with Gasteiger partial charge in [-0.2, -0.15) is 22.0 Å². The van der Waals surface area contributed by atoms with Gasteiger partial charge in [0.1, 0.15) is 0 Å². The number of halogens is 6. The highest BCUT2D eigenvalue weighted by molar-refractivity contribution is 6.00. The number of esters is 2. The Morgan fingerprint density at radius 2 is 1.23 bits per heavy atom. The maximum Gasteiger partial charge on any atom is 0.425 e. The van der Waals surface area contributed by atoms with Crippen molar-refractivity contribution in [1.29, 1.82) is 0 Å². The number of alkyl halides is 6. The third-order valence-corrected chi connectivity index (χ3v) is 5.02. The molecule has 0 N–H and O–H groups in total. The van der Waals surface area contributed by atoms with Crippen molar-refractivity contribution in [2.45, 2.75) is 96.8 Å². The van der Waals surface area contributed by atoms with Gasteiger partial charge in [0.2, 0.25) is 0 Å². The normalized spacial score (nSPS) is 13.8. The molecule has 0 spiro atoms. The number of carbonyl (C=O) groups excluding carboxylic acids is 2. The molecule has 0 aliphatic carbocycles. The van der Waals surface area contributed by atoms with E-state index in [0.717, 1.165) is 38.5 Å². The highest BCUT2D eigenvalue weighted by Gasteiger charge is 2.58. The number of ether oxygens (including phenoxy) is 2. The van der Waals surface area contributed by atoms with Crippen LogP contribution in [-0.4, -0.2) is 43.4 Å². The fourth-order valence-electron chi connectivity index (χ4n) is 2.89. The maximum atomic E-state index is 13.4. The van der Waals surface area contributed by atoms with Crippen LogP contribution in [0, 0.1) is 5.41 Å². The molecule has 178 valence electrons. The van der Waals surface area contributed by atoms with E-state index in [4.69, 9.17) is 4.74 Å². The largest absolute Gasteiger partial charge is 0.465 e. The van der Waals surface area contributed by atoms with Gasteiger partial charge in [0, 0.05) is 0 Å². The highest BCUT2D eigenvalue weighted by atomic mass is 19.4. The van der Waals surface area contributed by atoms with E-state index in [1.165, 1.54) is 13.8 Å². The summed E-state index contributed by atoms with van der Waals surface area (Å²) in [5, 5.41) is 0. The first-order valence-electron chi connectivity index (χ1n) is 10.3. The Balaban J connectivity index is 4.74. The lowest BCUT2D eigenvalue weighted by molar-refractivity contribution is -0.255. The highest BCUT2D eigenvalue weighted by Crippen LogP contribution is 2.36. The van der Waals surface area contributed by atoms with Gasteiger partial charge in [0.05, 0.1) is 6.61 Å². The summed E-state index contributed by atoms with van der Waals surface area (Å²) in [5.74, 6) is -7.41. The third-order valence-electron chi connectivity index (χ3n) is 5.02. The van der Waals surface area contributed by atoms with E-state index in [2.05, 4.69) is 11.7 Å². The smallest absolute Gasteiger partial charge is 0.425 e. The van der Waals surface area contributed by atoms with Crippen molar-refractivity contribution in [2.24, 2.45) is 5.41 Å². The Hall–Kier alpha value is -1.48. The molecule has 10 heteroatoms. The first-order chi connectivity index (χ1) is 13.9. The van der Waals surface area contributed by atoms with Crippen LogP contribution in [0.5, 0.6) is 0 Å². The quantitative estimate of drug-likeness (QED) is 0.130. The summed E-state index contributed by atoms with van der Waals surface area (Å²) < 4.78 is 85.6. The van der Waals surface area contributed by atoms with E-state index >= 15 is 0 Å². The number of carbonyl (C=O) groups is 2. The van der Waals surface area contributed by atoms with E-state index in [1.807, 2.05) is 0 Å². The Kier molecular flexibility index (Phi) is 12.4. The lowest BCUT2D eigenvalue weighted by Crippen LogP contribution is -2.47. The van der Waals surface area contributed by atoms with Gasteiger partial charge in [-0.3, -0.25) is 9.59 Å². The molecule has 1 atom stereocenters. The summed E-state index contributed by atoms with van der Waals surface area (Å²) in [4.78, 5) is 24.7. The van der Waals surface area contributed by atoms with Crippen LogP contribution in [-0.2, 0) is 19.1 Å². The molecule has 0 heterocycles. The summed E-state index contributed by atoms with van der Waals surface area (Å²) in [6.45, 7) is 2.85. The number of hydrogen-bond acceptors (Lipinski definition) is 4. The molecule has 30 heavy (non-hydrogen) atoms. The second-order valence-electron chi connectivity index (χ2n) is 7.29. The lowest BCUT2D eigenvalue weighted by Gasteiger charge is -2.28. The van der Waals surface area contributed by atoms with Crippen molar-refractivity contribution in [3.8, 4) is 0 Å². The third kappa shape index (κ3) is 8.71. The van der Waals surface area contributed by atoms with Crippen molar-refractivity contribution in [2.75, 3.05) is 13.2 Å². The first-order valence-corrected chi connectivity index (χ1v) is 10.3.